The molecule has 156 valence electrons. The molecule has 1 N–H and O–H groups in total. The van der Waals surface area contributed by atoms with Crippen LogP contribution in [0.3, 0.4) is 0 Å². The van der Waals surface area contributed by atoms with Crippen molar-refractivity contribution < 1.29 is 24.2 Å². The van der Waals surface area contributed by atoms with Gasteiger partial charge in [-0.2, -0.15) is 0 Å². The number of aliphatic carboxylic acids is 1. The summed E-state index contributed by atoms with van der Waals surface area (Å²) in [5, 5.41) is 9.65. The summed E-state index contributed by atoms with van der Waals surface area (Å²) < 4.78 is 10.6. The molecule has 1 amide bonds. The van der Waals surface area contributed by atoms with Crippen molar-refractivity contribution in [2.45, 2.75) is 19.2 Å². The van der Waals surface area contributed by atoms with Crippen molar-refractivity contribution in [3.05, 3.63) is 65.7 Å². The van der Waals surface area contributed by atoms with Gasteiger partial charge in [0, 0.05) is 19.6 Å². The van der Waals surface area contributed by atoms with E-state index in [-0.39, 0.29) is 25.6 Å². The van der Waals surface area contributed by atoms with Gasteiger partial charge >= 0.3 is 12.1 Å². The Kier molecular flexibility index (Phi) is 8.30. The van der Waals surface area contributed by atoms with Gasteiger partial charge in [-0.05, 0) is 23.3 Å². The molecule has 7 nitrogen and oxygen atoms in total. The quantitative estimate of drug-likeness (QED) is 0.773. The molecule has 1 atom stereocenters. The van der Waals surface area contributed by atoms with Gasteiger partial charge in [0.25, 0.3) is 0 Å². The summed E-state index contributed by atoms with van der Waals surface area (Å²) >= 11 is 0. The van der Waals surface area contributed by atoms with Crippen LogP contribution >= 0.6 is 12.4 Å². The van der Waals surface area contributed by atoms with E-state index in [9.17, 15) is 14.7 Å². The van der Waals surface area contributed by atoms with Crippen molar-refractivity contribution in [3.63, 3.8) is 0 Å². The number of halogens is 1. The van der Waals surface area contributed by atoms with Gasteiger partial charge in [-0.3, -0.25) is 9.69 Å². The summed E-state index contributed by atoms with van der Waals surface area (Å²) in [6.45, 7) is 1.60. The van der Waals surface area contributed by atoms with E-state index in [0.717, 1.165) is 16.9 Å². The van der Waals surface area contributed by atoms with Gasteiger partial charge in [0.15, 0.2) is 0 Å². The molecule has 2 aromatic rings. The number of carboxylic acids is 1. The van der Waals surface area contributed by atoms with E-state index >= 15 is 0 Å². The topological polar surface area (TPSA) is 79.3 Å². The number of benzene rings is 2. The molecule has 29 heavy (non-hydrogen) atoms. The predicted octanol–water partition coefficient (Wildman–Crippen LogP) is 3.02. The first-order valence-electron chi connectivity index (χ1n) is 9.12. The summed E-state index contributed by atoms with van der Waals surface area (Å²) in [6, 6.07) is 16.1. The van der Waals surface area contributed by atoms with Crippen molar-refractivity contribution in [3.8, 4) is 5.75 Å². The minimum Gasteiger partial charge on any atom is -0.497 e. The highest BCUT2D eigenvalue weighted by Crippen LogP contribution is 2.19. The molecule has 1 fully saturated rings. The van der Waals surface area contributed by atoms with Gasteiger partial charge in [-0.25, -0.2) is 4.79 Å². The molecule has 3 rings (SSSR count). The number of methoxy groups -OCH3 is 1. The summed E-state index contributed by atoms with van der Waals surface area (Å²) in [6.07, 6.45) is -0.490. The number of piperazine rings is 1. The van der Waals surface area contributed by atoms with E-state index < -0.39 is 18.1 Å². The number of ether oxygens (including phenoxy) is 2. The first-order valence-corrected chi connectivity index (χ1v) is 9.12. The third-order valence-electron chi connectivity index (χ3n) is 4.76. The Morgan fingerprint density at radius 3 is 2.48 bits per heavy atom. The number of rotatable bonds is 6. The number of carbonyl (C=O) groups excluding carboxylic acids is 1. The number of hydrogen-bond acceptors (Lipinski definition) is 5. The molecular weight excluding hydrogens is 396 g/mol. The van der Waals surface area contributed by atoms with E-state index in [2.05, 4.69) is 0 Å². The average molecular weight is 421 g/mol. The van der Waals surface area contributed by atoms with E-state index in [1.165, 1.54) is 4.90 Å². The molecule has 1 aliphatic rings. The van der Waals surface area contributed by atoms with Crippen LogP contribution in [0.15, 0.2) is 54.6 Å². The SMILES string of the molecule is COc1cccc(CN2CCN(C(=O)OCc3ccccc3)CC2C(=O)O)c1.Cl. The van der Waals surface area contributed by atoms with Crippen LogP contribution in [0.2, 0.25) is 0 Å². The second-order valence-corrected chi connectivity index (χ2v) is 6.66. The zero-order valence-electron chi connectivity index (χ0n) is 16.2. The number of amides is 1. The number of nitrogens with zero attached hydrogens (tertiary/aromatic N) is 2. The molecule has 0 spiro atoms. The van der Waals surface area contributed by atoms with Crippen LogP contribution in [0.4, 0.5) is 4.79 Å². The molecule has 0 bridgehead atoms. The molecule has 1 aliphatic heterocycles. The summed E-state index contributed by atoms with van der Waals surface area (Å²) in [7, 11) is 1.60. The van der Waals surface area contributed by atoms with E-state index in [1.807, 2.05) is 59.5 Å². The Balaban J connectivity index is 0.00000300. The molecule has 1 unspecified atom stereocenters. The van der Waals surface area contributed by atoms with Gasteiger partial charge in [0.2, 0.25) is 0 Å². The fourth-order valence-corrected chi connectivity index (χ4v) is 3.23. The average Bonchev–Trinajstić information content (AvgIpc) is 2.73. The fraction of sp³-hybridized carbons (Fsp3) is 0.333. The molecular formula is C21H25ClN2O5. The minimum atomic E-state index is -0.955. The molecule has 8 heteroatoms. The zero-order valence-corrected chi connectivity index (χ0v) is 17.0. The lowest BCUT2D eigenvalue weighted by Gasteiger charge is -2.38. The van der Waals surface area contributed by atoms with Gasteiger partial charge < -0.3 is 19.5 Å². The van der Waals surface area contributed by atoms with Crippen LogP contribution in [0.5, 0.6) is 5.75 Å². The van der Waals surface area contributed by atoms with Crippen molar-refractivity contribution in [1.29, 1.82) is 0 Å². The Morgan fingerprint density at radius 1 is 1.07 bits per heavy atom. The Hall–Kier alpha value is -2.77. The third kappa shape index (κ3) is 6.10. The Morgan fingerprint density at radius 2 is 1.79 bits per heavy atom. The second-order valence-electron chi connectivity index (χ2n) is 6.66. The molecule has 0 radical (unpaired) electrons. The zero-order chi connectivity index (χ0) is 19.9. The van der Waals surface area contributed by atoms with E-state index in [1.54, 1.807) is 7.11 Å². The van der Waals surface area contributed by atoms with Crippen LogP contribution in [0.25, 0.3) is 0 Å². The maximum atomic E-state index is 12.4. The molecule has 0 aromatic heterocycles. The highest BCUT2D eigenvalue weighted by molar-refractivity contribution is 5.85. The molecule has 1 heterocycles. The minimum absolute atomic E-state index is 0. The van der Waals surface area contributed by atoms with Gasteiger partial charge in [0.05, 0.1) is 13.7 Å². The lowest BCUT2D eigenvalue weighted by Crippen LogP contribution is -2.57. The fourth-order valence-electron chi connectivity index (χ4n) is 3.23. The van der Waals surface area contributed by atoms with Crippen LogP contribution in [0.1, 0.15) is 11.1 Å². The van der Waals surface area contributed by atoms with Crippen LogP contribution in [-0.2, 0) is 22.7 Å². The molecule has 0 aliphatic carbocycles. The maximum absolute atomic E-state index is 12.4. The number of carbonyl (C=O) groups is 2. The van der Waals surface area contributed by atoms with Crippen molar-refractivity contribution >= 4 is 24.5 Å². The summed E-state index contributed by atoms with van der Waals surface area (Å²) in [5.74, 6) is -0.226. The lowest BCUT2D eigenvalue weighted by molar-refractivity contribution is -0.145. The number of hydrogen-bond donors (Lipinski definition) is 1. The molecule has 0 saturated carbocycles. The Bertz CT molecular complexity index is 818. The second kappa shape index (κ2) is 10.7. The highest BCUT2D eigenvalue weighted by Gasteiger charge is 2.34. The van der Waals surface area contributed by atoms with Crippen molar-refractivity contribution in [1.82, 2.24) is 9.80 Å². The first kappa shape index (κ1) is 22.5. The van der Waals surface area contributed by atoms with Crippen LogP contribution < -0.4 is 4.74 Å². The standard InChI is InChI=1S/C21H24N2O5.ClH/c1-27-18-9-5-8-17(12-18)13-22-10-11-23(14-19(22)20(24)25)21(26)28-15-16-6-3-2-4-7-16;/h2-9,12,19H,10-11,13-15H2,1H3,(H,24,25);1H. The molecule has 1 saturated heterocycles. The highest BCUT2D eigenvalue weighted by atomic mass is 35.5. The van der Waals surface area contributed by atoms with Crippen molar-refractivity contribution in [2.24, 2.45) is 0 Å². The van der Waals surface area contributed by atoms with Crippen molar-refractivity contribution in [2.75, 3.05) is 26.7 Å². The molecule has 2 aromatic carbocycles. The smallest absolute Gasteiger partial charge is 0.410 e. The van der Waals surface area contributed by atoms with Gasteiger partial charge in [-0.1, -0.05) is 42.5 Å². The largest absolute Gasteiger partial charge is 0.497 e. The van der Waals surface area contributed by atoms with Gasteiger partial charge in [-0.15, -0.1) is 12.4 Å². The van der Waals surface area contributed by atoms with E-state index in [0.29, 0.717) is 19.6 Å². The summed E-state index contributed by atoms with van der Waals surface area (Å²) in [5.41, 5.74) is 1.85. The van der Waals surface area contributed by atoms with E-state index in [4.69, 9.17) is 9.47 Å². The monoisotopic (exact) mass is 420 g/mol. The lowest BCUT2D eigenvalue weighted by atomic mass is 10.1. The Labute approximate surface area is 176 Å². The van der Waals surface area contributed by atoms with Crippen LogP contribution in [0, 0.1) is 0 Å². The predicted molar refractivity (Wildman–Crippen MR) is 110 cm³/mol. The summed E-state index contributed by atoms with van der Waals surface area (Å²) in [4.78, 5) is 27.5. The number of carboxylic acid groups (broad SMARTS) is 1. The van der Waals surface area contributed by atoms with Gasteiger partial charge in [0.1, 0.15) is 18.4 Å². The first-order chi connectivity index (χ1) is 13.6. The normalized spacial score (nSPS) is 16.6. The maximum Gasteiger partial charge on any atom is 0.410 e. The van der Waals surface area contributed by atoms with Crippen LogP contribution in [-0.4, -0.2) is 59.8 Å². The third-order valence-corrected chi connectivity index (χ3v) is 4.76.